The van der Waals surface area contributed by atoms with Gasteiger partial charge in [0.2, 0.25) is 10.0 Å². The average molecular weight is 449 g/mol. The van der Waals surface area contributed by atoms with E-state index in [2.05, 4.69) is 10.0 Å². The minimum atomic E-state index is -3.62. The minimum Gasteiger partial charge on any atom is -0.377 e. The van der Waals surface area contributed by atoms with E-state index in [-0.39, 0.29) is 30.0 Å². The van der Waals surface area contributed by atoms with E-state index in [0.29, 0.717) is 11.1 Å². The molecule has 1 heterocycles. The number of benzene rings is 2. The van der Waals surface area contributed by atoms with Crippen molar-refractivity contribution in [1.29, 1.82) is 0 Å². The Kier molecular flexibility index (Phi) is 7.93. The lowest BCUT2D eigenvalue weighted by atomic mass is 10.2. The molecule has 1 saturated heterocycles. The first-order chi connectivity index (χ1) is 14.4. The number of carbonyl (C=O) groups is 1. The van der Waals surface area contributed by atoms with Gasteiger partial charge in [-0.25, -0.2) is 13.1 Å². The number of rotatable bonds is 9. The molecule has 0 aliphatic carbocycles. The molecule has 0 saturated carbocycles. The van der Waals surface area contributed by atoms with E-state index in [4.69, 9.17) is 4.74 Å². The normalized spacial score (nSPS) is 16.5. The maximum atomic E-state index is 12.6. The maximum absolute atomic E-state index is 12.6. The topological polar surface area (TPSA) is 84.5 Å². The van der Waals surface area contributed by atoms with Crippen molar-refractivity contribution in [3.05, 3.63) is 59.2 Å². The second kappa shape index (κ2) is 10.4. The van der Waals surface area contributed by atoms with Crippen LogP contribution in [-0.4, -0.2) is 45.9 Å². The van der Waals surface area contributed by atoms with Crippen LogP contribution >= 0.6 is 11.8 Å². The van der Waals surface area contributed by atoms with Gasteiger partial charge in [0.05, 0.1) is 16.6 Å². The highest BCUT2D eigenvalue weighted by molar-refractivity contribution is 7.99. The van der Waals surface area contributed by atoms with Gasteiger partial charge in [0.15, 0.2) is 0 Å². The van der Waals surface area contributed by atoms with Gasteiger partial charge in [-0.3, -0.25) is 4.79 Å². The average Bonchev–Trinajstić information content (AvgIpc) is 3.25. The van der Waals surface area contributed by atoms with Crippen molar-refractivity contribution in [3.63, 3.8) is 0 Å². The second-order valence-corrected chi connectivity index (χ2v) is 10.2. The van der Waals surface area contributed by atoms with Crippen molar-refractivity contribution in [2.45, 2.75) is 42.6 Å². The number of hydrogen-bond acceptors (Lipinski definition) is 5. The molecular formula is C22H28N2O4S2. The summed E-state index contributed by atoms with van der Waals surface area (Å²) >= 11 is 1.62. The summed E-state index contributed by atoms with van der Waals surface area (Å²) in [6, 6.07) is 12.8. The fourth-order valence-electron chi connectivity index (χ4n) is 3.27. The Labute approximate surface area is 182 Å². The number of thioether (sulfide) groups is 1. The van der Waals surface area contributed by atoms with Crippen molar-refractivity contribution in [2.75, 3.05) is 25.4 Å². The summed E-state index contributed by atoms with van der Waals surface area (Å²) in [7, 11) is -3.62. The van der Waals surface area contributed by atoms with E-state index >= 15 is 0 Å². The largest absolute Gasteiger partial charge is 0.377 e. The van der Waals surface area contributed by atoms with Gasteiger partial charge in [0.25, 0.3) is 5.91 Å². The molecule has 0 aromatic heterocycles. The molecule has 1 amide bonds. The van der Waals surface area contributed by atoms with Crippen LogP contribution in [0.25, 0.3) is 0 Å². The number of ether oxygens (including phenoxy) is 1. The van der Waals surface area contributed by atoms with Crippen LogP contribution in [0.4, 0.5) is 0 Å². The molecule has 2 N–H and O–H groups in total. The smallest absolute Gasteiger partial charge is 0.252 e. The molecule has 2 aromatic rings. The molecule has 0 radical (unpaired) electrons. The molecule has 1 unspecified atom stereocenters. The summed E-state index contributed by atoms with van der Waals surface area (Å²) in [5.41, 5.74) is 2.17. The first-order valence-corrected chi connectivity index (χ1v) is 12.5. The predicted octanol–water partition coefficient (Wildman–Crippen LogP) is 3.28. The molecule has 3 rings (SSSR count). The van der Waals surface area contributed by atoms with Crippen LogP contribution in [0.1, 0.15) is 34.3 Å². The van der Waals surface area contributed by atoms with Gasteiger partial charge in [-0.2, -0.15) is 0 Å². The summed E-state index contributed by atoms with van der Waals surface area (Å²) in [4.78, 5) is 13.8. The third kappa shape index (κ3) is 6.07. The molecule has 30 heavy (non-hydrogen) atoms. The van der Waals surface area contributed by atoms with E-state index in [1.165, 1.54) is 0 Å². The fraction of sp³-hybridized carbons (Fsp3) is 0.409. The van der Waals surface area contributed by atoms with Crippen molar-refractivity contribution in [1.82, 2.24) is 10.0 Å². The summed E-state index contributed by atoms with van der Waals surface area (Å²) < 4.78 is 33.3. The summed E-state index contributed by atoms with van der Waals surface area (Å²) in [6.07, 6.45) is 2.39. The molecule has 0 spiro atoms. The lowest BCUT2D eigenvalue weighted by molar-refractivity contribution is 0.0951. The number of carbonyl (C=O) groups excluding carboxylic acids is 1. The zero-order valence-corrected chi connectivity index (χ0v) is 18.9. The quantitative estimate of drug-likeness (QED) is 0.454. The zero-order valence-electron chi connectivity index (χ0n) is 17.3. The Bertz CT molecular complexity index is 986. The molecule has 2 aromatic carbocycles. The Hall–Kier alpha value is -1.87. The third-order valence-corrected chi connectivity index (χ3v) is 7.72. The summed E-state index contributed by atoms with van der Waals surface area (Å²) in [6.45, 7) is 4.75. The molecule has 1 fully saturated rings. The molecule has 162 valence electrons. The lowest BCUT2D eigenvalue weighted by Gasteiger charge is -2.13. The van der Waals surface area contributed by atoms with E-state index in [0.717, 1.165) is 35.7 Å². The van der Waals surface area contributed by atoms with Gasteiger partial charge in [-0.05, 0) is 56.0 Å². The fourth-order valence-corrected chi connectivity index (χ4v) is 5.75. The summed E-state index contributed by atoms with van der Waals surface area (Å²) in [5, 5.41) is 2.81. The zero-order chi connectivity index (χ0) is 21.6. The van der Waals surface area contributed by atoms with Crippen molar-refractivity contribution < 1.29 is 17.9 Å². The Morgan fingerprint density at radius 3 is 2.73 bits per heavy atom. The van der Waals surface area contributed by atoms with Crippen LogP contribution in [-0.2, 0) is 14.8 Å². The molecule has 1 aliphatic heterocycles. The minimum absolute atomic E-state index is 0.118. The highest BCUT2D eigenvalue weighted by Crippen LogP contribution is 2.26. The second-order valence-electron chi connectivity index (χ2n) is 7.36. The van der Waals surface area contributed by atoms with Gasteiger partial charge < -0.3 is 10.1 Å². The van der Waals surface area contributed by atoms with Crippen LogP contribution in [0.5, 0.6) is 0 Å². The number of aryl methyl sites for hydroxylation is 2. The highest BCUT2D eigenvalue weighted by atomic mass is 32.2. The number of amides is 1. The van der Waals surface area contributed by atoms with E-state index in [9.17, 15) is 13.2 Å². The van der Waals surface area contributed by atoms with Crippen LogP contribution in [0.2, 0.25) is 0 Å². The molecule has 8 heteroatoms. The van der Waals surface area contributed by atoms with Crippen molar-refractivity contribution in [3.8, 4) is 0 Å². The van der Waals surface area contributed by atoms with Crippen LogP contribution < -0.4 is 10.0 Å². The molecule has 1 aliphatic rings. The van der Waals surface area contributed by atoms with Gasteiger partial charge in [-0.1, -0.05) is 24.3 Å². The van der Waals surface area contributed by atoms with Crippen LogP contribution in [0.15, 0.2) is 52.3 Å². The van der Waals surface area contributed by atoms with Gasteiger partial charge in [0, 0.05) is 30.3 Å². The SMILES string of the molecule is Cc1ccc(C)c(S(=O)(=O)NCCNC(=O)c2ccccc2SCC2CCCO2)c1. The van der Waals surface area contributed by atoms with E-state index in [1.807, 2.05) is 31.2 Å². The Morgan fingerprint density at radius 2 is 1.97 bits per heavy atom. The number of sulfonamides is 1. The molecular weight excluding hydrogens is 420 g/mol. The highest BCUT2D eigenvalue weighted by Gasteiger charge is 2.19. The van der Waals surface area contributed by atoms with Gasteiger partial charge in [0.1, 0.15) is 0 Å². The Balaban J connectivity index is 1.53. The van der Waals surface area contributed by atoms with E-state index in [1.54, 1.807) is 36.9 Å². The first-order valence-electron chi connectivity index (χ1n) is 10.1. The number of nitrogens with one attached hydrogen (secondary N) is 2. The number of hydrogen-bond donors (Lipinski definition) is 2. The first kappa shape index (κ1) is 22.8. The molecule has 0 bridgehead atoms. The third-order valence-electron chi connectivity index (χ3n) is 4.92. The Morgan fingerprint density at radius 1 is 1.17 bits per heavy atom. The molecule has 6 nitrogen and oxygen atoms in total. The van der Waals surface area contributed by atoms with Crippen LogP contribution in [0, 0.1) is 13.8 Å². The predicted molar refractivity (Wildman–Crippen MR) is 120 cm³/mol. The van der Waals surface area contributed by atoms with Gasteiger partial charge >= 0.3 is 0 Å². The maximum Gasteiger partial charge on any atom is 0.252 e. The monoisotopic (exact) mass is 448 g/mol. The molecule has 1 atom stereocenters. The standard InChI is InChI=1S/C22H28N2O4S2/c1-16-9-10-17(2)21(14-16)30(26,27)24-12-11-23-22(25)19-7-3-4-8-20(19)29-15-18-6-5-13-28-18/h3-4,7-10,14,18,24H,5-6,11-13,15H2,1-2H3,(H,23,25). The van der Waals surface area contributed by atoms with Crippen LogP contribution in [0.3, 0.4) is 0 Å². The summed E-state index contributed by atoms with van der Waals surface area (Å²) in [5.74, 6) is 0.608. The van der Waals surface area contributed by atoms with Crippen molar-refractivity contribution in [2.24, 2.45) is 0 Å². The van der Waals surface area contributed by atoms with Crippen molar-refractivity contribution >= 4 is 27.7 Å². The van der Waals surface area contributed by atoms with E-state index < -0.39 is 10.0 Å². The lowest BCUT2D eigenvalue weighted by Crippen LogP contribution is -2.35. The van der Waals surface area contributed by atoms with Gasteiger partial charge in [-0.15, -0.1) is 11.8 Å².